The fraction of sp³-hybridized carbons (Fsp3) is 0.429. The van der Waals surface area contributed by atoms with Gasteiger partial charge in [0.15, 0.2) is 0 Å². The summed E-state index contributed by atoms with van der Waals surface area (Å²) in [5.41, 5.74) is 0.646. The number of thioether (sulfide) groups is 1. The Bertz CT molecular complexity index is 928. The Kier molecular flexibility index (Phi) is 9.21. The topological polar surface area (TPSA) is 118 Å². The van der Waals surface area contributed by atoms with Gasteiger partial charge in [-0.05, 0) is 31.0 Å². The molecule has 0 saturated heterocycles. The highest BCUT2D eigenvalue weighted by Gasteiger charge is 2.44. The molecule has 0 aromatic heterocycles. The third kappa shape index (κ3) is 5.93. The number of esters is 1. The van der Waals surface area contributed by atoms with Crippen molar-refractivity contribution < 1.29 is 23.9 Å². The predicted molar refractivity (Wildman–Crippen MR) is 117 cm³/mol. The Balaban J connectivity index is 2.48. The number of nitrogens with zero attached hydrogens (tertiary/aromatic N) is 1. The summed E-state index contributed by atoms with van der Waals surface area (Å²) in [5.74, 6) is -3.33. The van der Waals surface area contributed by atoms with E-state index >= 15 is 0 Å². The van der Waals surface area contributed by atoms with Gasteiger partial charge in [0, 0.05) is 12.5 Å². The fourth-order valence-corrected chi connectivity index (χ4v) is 4.24. The summed E-state index contributed by atoms with van der Waals surface area (Å²) in [7, 11) is 1.18. The van der Waals surface area contributed by atoms with Gasteiger partial charge in [0.1, 0.15) is 11.7 Å². The van der Waals surface area contributed by atoms with E-state index in [1.807, 2.05) is 13.8 Å². The predicted octanol–water partition coefficient (Wildman–Crippen LogP) is 2.74. The number of ether oxygens (including phenoxy) is 2. The van der Waals surface area contributed by atoms with Gasteiger partial charge >= 0.3 is 5.97 Å². The van der Waals surface area contributed by atoms with Crippen LogP contribution in [-0.4, -0.2) is 43.8 Å². The highest BCUT2D eigenvalue weighted by Crippen LogP contribution is 2.41. The minimum absolute atomic E-state index is 0.0143. The lowest BCUT2D eigenvalue weighted by molar-refractivity contribution is -0.150. The summed E-state index contributed by atoms with van der Waals surface area (Å²) in [6.07, 6.45) is 0.792. The molecule has 1 aliphatic rings. The molecule has 10 heteroatoms. The zero-order chi connectivity index (χ0) is 23.0. The van der Waals surface area contributed by atoms with Crippen molar-refractivity contribution in [2.24, 2.45) is 5.92 Å². The molecule has 2 amide bonds. The summed E-state index contributed by atoms with van der Waals surface area (Å²) in [4.78, 5) is 37.2. The van der Waals surface area contributed by atoms with Gasteiger partial charge in [0.25, 0.3) is 0 Å². The third-order valence-electron chi connectivity index (χ3n) is 4.52. The van der Waals surface area contributed by atoms with Crippen molar-refractivity contribution in [3.63, 3.8) is 0 Å². The number of nitriles is 1. The van der Waals surface area contributed by atoms with E-state index in [0.29, 0.717) is 29.5 Å². The molecule has 0 spiro atoms. The second-order valence-corrected chi connectivity index (χ2v) is 7.98. The average Bonchev–Trinajstić information content (AvgIpc) is 2.76. The van der Waals surface area contributed by atoms with Gasteiger partial charge in [-0.2, -0.15) is 5.26 Å². The van der Waals surface area contributed by atoms with Gasteiger partial charge in [0.2, 0.25) is 11.8 Å². The molecule has 0 bridgehead atoms. The van der Waals surface area contributed by atoms with Gasteiger partial charge in [-0.25, -0.2) is 0 Å². The van der Waals surface area contributed by atoms with Crippen LogP contribution >= 0.6 is 23.4 Å². The van der Waals surface area contributed by atoms with E-state index in [0.717, 1.165) is 18.2 Å². The Morgan fingerprint density at radius 3 is 2.68 bits per heavy atom. The van der Waals surface area contributed by atoms with E-state index in [1.54, 1.807) is 18.2 Å². The second kappa shape index (κ2) is 11.6. The molecule has 2 rings (SSSR count). The molecule has 2 atom stereocenters. The fourth-order valence-electron chi connectivity index (χ4n) is 3.12. The number of hydrogen-bond donors (Lipinski definition) is 2. The number of carbonyl (C=O) groups excluding carboxylic acids is 3. The SMILES string of the molecule is CCCNC(=O)CSC1=C(C#N)[C@H](c2ccc(OCC)c(Cl)c2)[C@@H](C(=O)OC)C(=O)N1. The van der Waals surface area contributed by atoms with Crippen molar-refractivity contribution in [1.29, 1.82) is 5.26 Å². The number of carbonyl (C=O) groups is 3. The Hall–Kier alpha value is -2.70. The van der Waals surface area contributed by atoms with Gasteiger partial charge in [-0.15, -0.1) is 0 Å². The maximum Gasteiger partial charge on any atom is 0.319 e. The molecule has 1 aromatic carbocycles. The third-order valence-corrected chi connectivity index (χ3v) is 5.83. The number of methoxy groups -OCH3 is 1. The van der Waals surface area contributed by atoms with Gasteiger partial charge < -0.3 is 20.1 Å². The van der Waals surface area contributed by atoms with Gasteiger partial charge in [-0.3, -0.25) is 14.4 Å². The summed E-state index contributed by atoms with van der Waals surface area (Å²) >= 11 is 7.34. The first kappa shape index (κ1) is 24.6. The molecular weight excluding hydrogens is 442 g/mol. The Morgan fingerprint density at radius 1 is 1.35 bits per heavy atom. The number of nitrogens with one attached hydrogen (secondary N) is 2. The van der Waals surface area contributed by atoms with Crippen LogP contribution in [0.1, 0.15) is 31.7 Å². The molecule has 0 fully saturated rings. The molecule has 8 nitrogen and oxygen atoms in total. The molecule has 0 aliphatic carbocycles. The monoisotopic (exact) mass is 465 g/mol. The summed E-state index contributed by atoms with van der Waals surface area (Å²) < 4.78 is 10.3. The number of halogens is 1. The number of rotatable bonds is 9. The van der Waals surface area contributed by atoms with Gasteiger partial charge in [0.05, 0.1) is 41.2 Å². The highest BCUT2D eigenvalue weighted by atomic mass is 35.5. The second-order valence-electron chi connectivity index (χ2n) is 6.58. The van der Waals surface area contributed by atoms with E-state index < -0.39 is 23.7 Å². The highest BCUT2D eigenvalue weighted by molar-refractivity contribution is 8.03. The van der Waals surface area contributed by atoms with Crippen molar-refractivity contribution in [2.75, 3.05) is 26.0 Å². The smallest absolute Gasteiger partial charge is 0.319 e. The van der Waals surface area contributed by atoms with Crippen LogP contribution in [0, 0.1) is 17.2 Å². The van der Waals surface area contributed by atoms with Crippen LogP contribution in [0.5, 0.6) is 5.75 Å². The van der Waals surface area contributed by atoms with E-state index in [2.05, 4.69) is 16.7 Å². The normalized spacial score (nSPS) is 18.1. The van der Waals surface area contributed by atoms with Gasteiger partial charge in [-0.1, -0.05) is 36.4 Å². The van der Waals surface area contributed by atoms with Crippen molar-refractivity contribution >= 4 is 41.1 Å². The zero-order valence-electron chi connectivity index (χ0n) is 17.5. The first-order valence-electron chi connectivity index (χ1n) is 9.72. The molecule has 1 aliphatic heterocycles. The first-order chi connectivity index (χ1) is 14.9. The van der Waals surface area contributed by atoms with E-state index in [9.17, 15) is 19.6 Å². The van der Waals surface area contributed by atoms with Crippen molar-refractivity contribution in [1.82, 2.24) is 10.6 Å². The van der Waals surface area contributed by atoms with Crippen molar-refractivity contribution in [2.45, 2.75) is 26.2 Å². The average molecular weight is 466 g/mol. The number of hydrogen-bond acceptors (Lipinski definition) is 7. The van der Waals surface area contributed by atoms with Crippen LogP contribution in [0.4, 0.5) is 0 Å². The summed E-state index contributed by atoms with van der Waals surface area (Å²) in [6.45, 7) is 4.71. The molecular formula is C21H24ClN3O5S. The molecule has 166 valence electrons. The van der Waals surface area contributed by atoms with Crippen LogP contribution in [0.15, 0.2) is 28.8 Å². The Morgan fingerprint density at radius 2 is 2.10 bits per heavy atom. The molecule has 0 saturated carbocycles. The molecule has 2 N–H and O–H groups in total. The summed E-state index contributed by atoms with van der Waals surface area (Å²) in [6, 6.07) is 6.94. The lowest BCUT2D eigenvalue weighted by atomic mass is 9.78. The Labute approximate surface area is 190 Å². The molecule has 1 aromatic rings. The van der Waals surface area contributed by atoms with E-state index in [1.165, 1.54) is 7.11 Å². The molecule has 31 heavy (non-hydrogen) atoms. The van der Waals surface area contributed by atoms with E-state index in [4.69, 9.17) is 21.1 Å². The van der Waals surface area contributed by atoms with Crippen molar-refractivity contribution in [3.05, 3.63) is 39.4 Å². The molecule has 1 heterocycles. The van der Waals surface area contributed by atoms with Crippen LogP contribution in [0.25, 0.3) is 0 Å². The summed E-state index contributed by atoms with van der Waals surface area (Å²) in [5, 5.41) is 15.7. The minimum atomic E-state index is -1.27. The van der Waals surface area contributed by atoms with Crippen molar-refractivity contribution in [3.8, 4) is 11.8 Å². The maximum atomic E-state index is 12.8. The quantitative estimate of drug-likeness (QED) is 0.425. The standard InChI is InChI=1S/C21H24ClN3O5S/c1-4-8-24-16(26)11-31-20-13(10-23)17(18(19(27)25-20)21(28)29-3)12-6-7-15(30-5-2)14(22)9-12/h6-7,9,17-18H,4-5,8,11H2,1-3H3,(H,24,26)(H,25,27)/t17-,18+/m0/s1. The molecule has 0 radical (unpaired) electrons. The van der Waals surface area contributed by atoms with E-state index in [-0.39, 0.29) is 22.3 Å². The maximum absolute atomic E-state index is 12.8. The number of amides is 2. The van der Waals surface area contributed by atoms with Crippen LogP contribution in [0.2, 0.25) is 5.02 Å². The van der Waals surface area contributed by atoms with Crippen LogP contribution in [0.3, 0.4) is 0 Å². The lowest BCUT2D eigenvalue weighted by Gasteiger charge is -2.31. The molecule has 0 unspecified atom stereocenters. The minimum Gasteiger partial charge on any atom is -0.492 e. The first-order valence-corrected chi connectivity index (χ1v) is 11.1. The van der Waals surface area contributed by atoms with Crippen LogP contribution in [-0.2, 0) is 19.1 Å². The number of allylic oxidation sites excluding steroid dienone is 1. The van der Waals surface area contributed by atoms with Crippen LogP contribution < -0.4 is 15.4 Å². The largest absolute Gasteiger partial charge is 0.492 e. The lowest BCUT2D eigenvalue weighted by Crippen LogP contribution is -2.44. The number of benzene rings is 1. The zero-order valence-corrected chi connectivity index (χ0v) is 19.1.